The van der Waals surface area contributed by atoms with Crippen LogP contribution in [0, 0.1) is 6.92 Å². The van der Waals surface area contributed by atoms with Gasteiger partial charge in [-0.2, -0.15) is 5.10 Å². The molecule has 1 unspecified atom stereocenters. The number of benzene rings is 1. The minimum Gasteiger partial charge on any atom is -0.454 e. The Morgan fingerprint density at radius 3 is 2.89 bits per heavy atom. The fourth-order valence-electron chi connectivity index (χ4n) is 2.18. The minimum absolute atomic E-state index is 0.0736. The highest BCUT2D eigenvalue weighted by atomic mass is 16.7. The SMILES string of the molecule is Cc1cc(C(CN)c2ccc3c(c2)OCO3)n[nH]1. The Kier molecular flexibility index (Phi) is 2.68. The molecule has 2 aromatic rings. The summed E-state index contributed by atoms with van der Waals surface area (Å²) < 4.78 is 10.7. The first-order valence-electron chi connectivity index (χ1n) is 5.89. The van der Waals surface area contributed by atoms with Crippen molar-refractivity contribution in [2.45, 2.75) is 12.8 Å². The van der Waals surface area contributed by atoms with Gasteiger partial charge in [-0.3, -0.25) is 5.10 Å². The maximum Gasteiger partial charge on any atom is 0.231 e. The standard InChI is InChI=1S/C13H15N3O2/c1-8-4-11(16-15-8)10(6-14)9-2-3-12-13(5-9)18-7-17-12/h2-5,10H,6-7,14H2,1H3,(H,15,16). The summed E-state index contributed by atoms with van der Waals surface area (Å²) in [4.78, 5) is 0. The number of ether oxygens (including phenoxy) is 2. The Morgan fingerprint density at radius 1 is 1.33 bits per heavy atom. The van der Waals surface area contributed by atoms with Crippen LogP contribution in [0.5, 0.6) is 11.5 Å². The van der Waals surface area contributed by atoms with E-state index in [0.717, 1.165) is 28.5 Å². The van der Waals surface area contributed by atoms with Crippen LogP contribution in [0.25, 0.3) is 0 Å². The molecular formula is C13H15N3O2. The topological polar surface area (TPSA) is 73.2 Å². The summed E-state index contributed by atoms with van der Waals surface area (Å²) in [6.45, 7) is 2.77. The van der Waals surface area contributed by atoms with Crippen molar-refractivity contribution in [3.63, 3.8) is 0 Å². The zero-order valence-corrected chi connectivity index (χ0v) is 10.1. The Bertz CT molecular complexity index is 565. The molecule has 0 aliphatic carbocycles. The third-order valence-corrected chi connectivity index (χ3v) is 3.12. The highest BCUT2D eigenvalue weighted by Gasteiger charge is 2.20. The van der Waals surface area contributed by atoms with Crippen molar-refractivity contribution in [3.8, 4) is 11.5 Å². The van der Waals surface area contributed by atoms with Crippen molar-refractivity contribution < 1.29 is 9.47 Å². The summed E-state index contributed by atoms with van der Waals surface area (Å²) in [5.74, 6) is 1.63. The van der Waals surface area contributed by atoms with E-state index in [9.17, 15) is 0 Å². The number of hydrogen-bond donors (Lipinski definition) is 2. The van der Waals surface area contributed by atoms with Gasteiger partial charge in [0.25, 0.3) is 0 Å². The summed E-state index contributed by atoms with van der Waals surface area (Å²) in [7, 11) is 0. The van der Waals surface area contributed by atoms with E-state index in [0.29, 0.717) is 6.54 Å². The molecule has 0 bridgehead atoms. The molecule has 1 aromatic carbocycles. The van der Waals surface area contributed by atoms with Crippen LogP contribution in [0.2, 0.25) is 0 Å². The summed E-state index contributed by atoms with van der Waals surface area (Å²) in [5.41, 5.74) is 8.94. The van der Waals surface area contributed by atoms with Crippen LogP contribution < -0.4 is 15.2 Å². The monoisotopic (exact) mass is 245 g/mol. The van der Waals surface area contributed by atoms with Gasteiger partial charge in [0.05, 0.1) is 5.69 Å². The largest absolute Gasteiger partial charge is 0.454 e. The molecule has 3 rings (SSSR count). The van der Waals surface area contributed by atoms with E-state index < -0.39 is 0 Å². The average Bonchev–Trinajstić information content (AvgIpc) is 2.99. The predicted molar refractivity (Wildman–Crippen MR) is 66.8 cm³/mol. The molecule has 5 heteroatoms. The molecular weight excluding hydrogens is 230 g/mol. The molecule has 1 aliphatic rings. The fraction of sp³-hybridized carbons (Fsp3) is 0.308. The van der Waals surface area contributed by atoms with Crippen molar-refractivity contribution in [1.29, 1.82) is 0 Å². The van der Waals surface area contributed by atoms with Crippen LogP contribution in [-0.4, -0.2) is 23.5 Å². The number of rotatable bonds is 3. The van der Waals surface area contributed by atoms with Crippen molar-refractivity contribution >= 4 is 0 Å². The van der Waals surface area contributed by atoms with Crippen LogP contribution in [0.4, 0.5) is 0 Å². The summed E-state index contributed by atoms with van der Waals surface area (Å²) in [6.07, 6.45) is 0. The number of nitrogens with one attached hydrogen (secondary N) is 1. The molecule has 0 fully saturated rings. The van der Waals surface area contributed by atoms with E-state index in [4.69, 9.17) is 15.2 Å². The lowest BCUT2D eigenvalue weighted by Crippen LogP contribution is -2.14. The molecule has 1 aliphatic heterocycles. The van der Waals surface area contributed by atoms with Crippen molar-refractivity contribution in [3.05, 3.63) is 41.2 Å². The summed E-state index contributed by atoms with van der Waals surface area (Å²) in [5, 5.41) is 7.22. The zero-order valence-electron chi connectivity index (χ0n) is 10.1. The van der Waals surface area contributed by atoms with E-state index in [2.05, 4.69) is 10.2 Å². The van der Waals surface area contributed by atoms with Gasteiger partial charge in [0, 0.05) is 18.2 Å². The third-order valence-electron chi connectivity index (χ3n) is 3.12. The van der Waals surface area contributed by atoms with Gasteiger partial charge in [-0.05, 0) is 30.7 Å². The molecule has 1 atom stereocenters. The van der Waals surface area contributed by atoms with Gasteiger partial charge >= 0.3 is 0 Å². The number of aryl methyl sites for hydroxylation is 1. The van der Waals surface area contributed by atoms with Gasteiger partial charge in [-0.15, -0.1) is 0 Å². The Hall–Kier alpha value is -2.01. The van der Waals surface area contributed by atoms with Crippen LogP contribution >= 0.6 is 0 Å². The second-order valence-electron chi connectivity index (χ2n) is 4.38. The molecule has 1 aromatic heterocycles. The van der Waals surface area contributed by atoms with Gasteiger partial charge in [-0.1, -0.05) is 6.07 Å². The molecule has 0 amide bonds. The van der Waals surface area contributed by atoms with E-state index in [1.54, 1.807) is 0 Å². The lowest BCUT2D eigenvalue weighted by molar-refractivity contribution is 0.174. The fourth-order valence-corrected chi connectivity index (χ4v) is 2.18. The zero-order chi connectivity index (χ0) is 12.5. The molecule has 0 saturated heterocycles. The van der Waals surface area contributed by atoms with E-state index >= 15 is 0 Å². The molecule has 2 heterocycles. The van der Waals surface area contributed by atoms with Gasteiger partial charge in [0.1, 0.15) is 0 Å². The first kappa shape index (κ1) is 11.1. The number of nitrogens with two attached hydrogens (primary N) is 1. The second kappa shape index (κ2) is 4.34. The van der Waals surface area contributed by atoms with Crippen LogP contribution in [0.1, 0.15) is 22.9 Å². The average molecular weight is 245 g/mol. The second-order valence-corrected chi connectivity index (χ2v) is 4.38. The van der Waals surface area contributed by atoms with E-state index in [1.165, 1.54) is 0 Å². The van der Waals surface area contributed by atoms with E-state index in [1.807, 2.05) is 31.2 Å². The maximum atomic E-state index is 5.87. The molecule has 0 spiro atoms. The van der Waals surface area contributed by atoms with E-state index in [-0.39, 0.29) is 12.7 Å². The number of fused-ring (bicyclic) bond motifs is 1. The van der Waals surface area contributed by atoms with Crippen molar-refractivity contribution in [2.24, 2.45) is 5.73 Å². The van der Waals surface area contributed by atoms with Crippen molar-refractivity contribution in [2.75, 3.05) is 13.3 Å². The molecule has 18 heavy (non-hydrogen) atoms. The first-order valence-corrected chi connectivity index (χ1v) is 5.89. The normalized spacial score (nSPS) is 14.8. The Balaban J connectivity index is 1.96. The summed E-state index contributed by atoms with van der Waals surface area (Å²) >= 11 is 0. The molecule has 0 radical (unpaired) electrons. The Morgan fingerprint density at radius 2 is 2.17 bits per heavy atom. The smallest absolute Gasteiger partial charge is 0.231 e. The van der Waals surface area contributed by atoms with Gasteiger partial charge in [-0.25, -0.2) is 0 Å². The maximum absolute atomic E-state index is 5.87. The Labute approximate surface area is 105 Å². The number of hydrogen-bond acceptors (Lipinski definition) is 4. The molecule has 94 valence electrons. The lowest BCUT2D eigenvalue weighted by atomic mass is 9.95. The quantitative estimate of drug-likeness (QED) is 0.860. The van der Waals surface area contributed by atoms with Gasteiger partial charge < -0.3 is 15.2 Å². The summed E-state index contributed by atoms with van der Waals surface area (Å²) in [6, 6.07) is 7.92. The van der Waals surface area contributed by atoms with Crippen LogP contribution in [0.3, 0.4) is 0 Å². The van der Waals surface area contributed by atoms with Crippen molar-refractivity contribution in [1.82, 2.24) is 10.2 Å². The first-order chi connectivity index (χ1) is 8.78. The number of H-pyrrole nitrogens is 1. The van der Waals surface area contributed by atoms with Gasteiger partial charge in [0.15, 0.2) is 11.5 Å². The predicted octanol–water partition coefficient (Wildman–Crippen LogP) is 1.54. The minimum atomic E-state index is 0.0736. The van der Waals surface area contributed by atoms with Gasteiger partial charge in [0.2, 0.25) is 6.79 Å². The lowest BCUT2D eigenvalue weighted by Gasteiger charge is -2.13. The third kappa shape index (κ3) is 1.82. The highest BCUT2D eigenvalue weighted by Crippen LogP contribution is 2.35. The number of aromatic amines is 1. The van der Waals surface area contributed by atoms with Crippen LogP contribution in [0.15, 0.2) is 24.3 Å². The highest BCUT2D eigenvalue weighted by molar-refractivity contribution is 5.46. The number of nitrogens with zero attached hydrogens (tertiary/aromatic N) is 1. The van der Waals surface area contributed by atoms with Crippen LogP contribution in [-0.2, 0) is 0 Å². The molecule has 5 nitrogen and oxygen atoms in total. The number of aromatic nitrogens is 2. The molecule has 0 saturated carbocycles. The molecule has 3 N–H and O–H groups in total.